The largest absolute Gasteiger partial charge is 0.468 e. The Kier molecular flexibility index (Phi) is 3.37. The lowest BCUT2D eigenvalue weighted by molar-refractivity contribution is -0.278. The fourth-order valence-corrected chi connectivity index (χ4v) is 4.47. The summed E-state index contributed by atoms with van der Waals surface area (Å²) in [4.78, 5) is 24.3. The quantitative estimate of drug-likeness (QED) is 0.541. The second-order valence-electron chi connectivity index (χ2n) is 6.33. The van der Waals surface area contributed by atoms with Crippen LogP contribution in [-0.4, -0.2) is 37.9 Å². The Morgan fingerprint density at radius 3 is 2.65 bits per heavy atom. The SMILES string of the molecule is COC(=O)C1C(=O)CC[C@]2(C)C1CCCC21OCCO1. The van der Waals surface area contributed by atoms with Crippen LogP contribution in [0.15, 0.2) is 0 Å². The van der Waals surface area contributed by atoms with E-state index in [-0.39, 0.29) is 17.1 Å². The molecule has 1 spiro atoms. The molecule has 3 aliphatic rings. The second kappa shape index (κ2) is 4.81. The van der Waals surface area contributed by atoms with Crippen molar-refractivity contribution >= 4 is 11.8 Å². The third-order valence-electron chi connectivity index (χ3n) is 5.56. The number of Topliss-reactive ketones (excluding diaryl/α,β-unsaturated/α-hetero) is 1. The van der Waals surface area contributed by atoms with Crippen LogP contribution in [0.25, 0.3) is 0 Å². The van der Waals surface area contributed by atoms with Gasteiger partial charge in [0.2, 0.25) is 0 Å². The molecule has 3 atom stereocenters. The summed E-state index contributed by atoms with van der Waals surface area (Å²) in [6, 6.07) is 0. The van der Waals surface area contributed by atoms with Gasteiger partial charge in [0.15, 0.2) is 5.79 Å². The van der Waals surface area contributed by atoms with Gasteiger partial charge in [-0.15, -0.1) is 0 Å². The Morgan fingerprint density at radius 2 is 2.00 bits per heavy atom. The first-order chi connectivity index (χ1) is 9.54. The number of esters is 1. The molecular weight excluding hydrogens is 260 g/mol. The summed E-state index contributed by atoms with van der Waals surface area (Å²) in [6.07, 6.45) is 3.75. The van der Waals surface area contributed by atoms with Gasteiger partial charge >= 0.3 is 5.97 Å². The lowest BCUT2D eigenvalue weighted by atomic mass is 9.53. The minimum Gasteiger partial charge on any atom is -0.468 e. The van der Waals surface area contributed by atoms with E-state index in [0.29, 0.717) is 19.6 Å². The summed E-state index contributed by atoms with van der Waals surface area (Å²) in [6.45, 7) is 3.31. The monoisotopic (exact) mass is 282 g/mol. The van der Waals surface area contributed by atoms with E-state index in [1.54, 1.807) is 0 Å². The van der Waals surface area contributed by atoms with Crippen LogP contribution in [0, 0.1) is 17.3 Å². The highest BCUT2D eigenvalue weighted by Gasteiger charge is 2.63. The van der Waals surface area contributed by atoms with Crippen LogP contribution in [0.5, 0.6) is 0 Å². The molecule has 0 aromatic carbocycles. The van der Waals surface area contributed by atoms with Gasteiger partial charge < -0.3 is 14.2 Å². The van der Waals surface area contributed by atoms with Crippen molar-refractivity contribution < 1.29 is 23.8 Å². The molecule has 3 fully saturated rings. The minimum absolute atomic E-state index is 0.00868. The smallest absolute Gasteiger partial charge is 0.316 e. The summed E-state index contributed by atoms with van der Waals surface area (Å²) >= 11 is 0. The molecule has 1 heterocycles. The van der Waals surface area contributed by atoms with Crippen LogP contribution in [0.4, 0.5) is 0 Å². The van der Waals surface area contributed by atoms with E-state index < -0.39 is 17.7 Å². The number of rotatable bonds is 1. The van der Waals surface area contributed by atoms with E-state index in [1.807, 2.05) is 0 Å². The molecule has 3 rings (SSSR count). The van der Waals surface area contributed by atoms with Crippen molar-refractivity contribution in [3.63, 3.8) is 0 Å². The standard InChI is InChI=1S/C15H22O5/c1-14-7-5-11(16)12(13(17)18-2)10(14)4-3-6-15(14)19-8-9-20-15/h10,12H,3-9H2,1-2H3/t10?,12?,14-/m1/s1. The Balaban J connectivity index is 1.98. The highest BCUT2D eigenvalue weighted by molar-refractivity contribution is 6.00. The van der Waals surface area contributed by atoms with Crippen molar-refractivity contribution in [3.05, 3.63) is 0 Å². The lowest BCUT2D eigenvalue weighted by Gasteiger charge is -2.56. The molecule has 1 saturated heterocycles. The van der Waals surface area contributed by atoms with Gasteiger partial charge in [0.05, 0.1) is 20.3 Å². The van der Waals surface area contributed by atoms with E-state index in [1.165, 1.54) is 7.11 Å². The molecule has 0 aromatic heterocycles. The molecule has 0 radical (unpaired) electrons. The van der Waals surface area contributed by atoms with Gasteiger partial charge in [-0.3, -0.25) is 9.59 Å². The highest BCUT2D eigenvalue weighted by Crippen LogP contribution is 2.59. The van der Waals surface area contributed by atoms with E-state index in [0.717, 1.165) is 25.7 Å². The second-order valence-corrected chi connectivity index (χ2v) is 6.33. The third-order valence-corrected chi connectivity index (χ3v) is 5.56. The van der Waals surface area contributed by atoms with Crippen LogP contribution < -0.4 is 0 Å². The topological polar surface area (TPSA) is 61.8 Å². The summed E-state index contributed by atoms with van der Waals surface area (Å²) in [5, 5.41) is 0. The first-order valence-electron chi connectivity index (χ1n) is 7.42. The molecule has 20 heavy (non-hydrogen) atoms. The molecule has 5 heteroatoms. The fraction of sp³-hybridized carbons (Fsp3) is 0.867. The predicted molar refractivity (Wildman–Crippen MR) is 69.8 cm³/mol. The van der Waals surface area contributed by atoms with Crippen LogP contribution in [0.1, 0.15) is 39.0 Å². The summed E-state index contributed by atoms with van der Waals surface area (Å²) in [5.74, 6) is -1.69. The molecule has 2 aliphatic carbocycles. The molecule has 0 amide bonds. The average molecular weight is 282 g/mol. The third kappa shape index (κ3) is 1.76. The van der Waals surface area contributed by atoms with Crippen molar-refractivity contribution in [1.82, 2.24) is 0 Å². The van der Waals surface area contributed by atoms with Crippen molar-refractivity contribution in [2.45, 2.75) is 44.8 Å². The average Bonchev–Trinajstić information content (AvgIpc) is 2.91. The van der Waals surface area contributed by atoms with Gasteiger partial charge in [0, 0.05) is 18.3 Å². The molecule has 0 N–H and O–H groups in total. The fourth-order valence-electron chi connectivity index (χ4n) is 4.47. The maximum absolute atomic E-state index is 12.2. The van der Waals surface area contributed by atoms with Crippen molar-refractivity contribution in [2.24, 2.45) is 17.3 Å². The first kappa shape index (κ1) is 14.0. The van der Waals surface area contributed by atoms with Gasteiger partial charge in [0.25, 0.3) is 0 Å². The van der Waals surface area contributed by atoms with Crippen molar-refractivity contribution in [2.75, 3.05) is 20.3 Å². The van der Waals surface area contributed by atoms with Crippen molar-refractivity contribution in [3.8, 4) is 0 Å². The predicted octanol–water partition coefficient (Wildman–Crippen LogP) is 1.69. The zero-order valence-corrected chi connectivity index (χ0v) is 12.1. The van der Waals surface area contributed by atoms with Crippen molar-refractivity contribution in [1.29, 1.82) is 0 Å². The van der Waals surface area contributed by atoms with Crippen LogP contribution >= 0.6 is 0 Å². The number of fused-ring (bicyclic) bond motifs is 2. The van der Waals surface area contributed by atoms with Gasteiger partial charge in [-0.1, -0.05) is 6.92 Å². The van der Waals surface area contributed by atoms with E-state index in [4.69, 9.17) is 14.2 Å². The zero-order valence-electron chi connectivity index (χ0n) is 12.1. The zero-order chi connectivity index (χ0) is 14.4. The maximum atomic E-state index is 12.2. The van der Waals surface area contributed by atoms with E-state index in [2.05, 4.69) is 6.92 Å². The van der Waals surface area contributed by atoms with Gasteiger partial charge in [0.1, 0.15) is 11.7 Å². The molecule has 1 aliphatic heterocycles. The van der Waals surface area contributed by atoms with Gasteiger partial charge in [-0.05, 0) is 25.2 Å². The summed E-state index contributed by atoms with van der Waals surface area (Å²) in [5.41, 5.74) is -0.283. The Bertz CT molecular complexity index is 418. The number of ether oxygens (including phenoxy) is 3. The van der Waals surface area contributed by atoms with Gasteiger partial charge in [-0.2, -0.15) is 0 Å². The normalized spacial score (nSPS) is 39.6. The number of ketones is 1. The summed E-state index contributed by atoms with van der Waals surface area (Å²) < 4.78 is 16.8. The molecular formula is C15H22O5. The molecule has 2 saturated carbocycles. The number of methoxy groups -OCH3 is 1. The molecule has 0 aromatic rings. The lowest BCUT2D eigenvalue weighted by Crippen LogP contribution is -2.60. The number of carbonyl (C=O) groups excluding carboxylic acids is 2. The Hall–Kier alpha value is -0.940. The molecule has 2 unspecified atom stereocenters. The van der Waals surface area contributed by atoms with Crippen LogP contribution in [0.3, 0.4) is 0 Å². The van der Waals surface area contributed by atoms with E-state index >= 15 is 0 Å². The maximum Gasteiger partial charge on any atom is 0.316 e. The first-order valence-corrected chi connectivity index (χ1v) is 7.42. The summed E-state index contributed by atoms with van der Waals surface area (Å²) in [7, 11) is 1.35. The minimum atomic E-state index is -0.649. The Labute approximate surface area is 118 Å². The number of hydrogen-bond acceptors (Lipinski definition) is 5. The molecule has 5 nitrogen and oxygen atoms in total. The van der Waals surface area contributed by atoms with Crippen LogP contribution in [-0.2, 0) is 23.8 Å². The van der Waals surface area contributed by atoms with Gasteiger partial charge in [-0.25, -0.2) is 0 Å². The molecule has 112 valence electrons. The molecule has 0 bridgehead atoms. The van der Waals surface area contributed by atoms with Crippen LogP contribution in [0.2, 0.25) is 0 Å². The number of hydrogen-bond donors (Lipinski definition) is 0. The Morgan fingerprint density at radius 1 is 1.30 bits per heavy atom. The highest BCUT2D eigenvalue weighted by atomic mass is 16.7. The number of carbonyl (C=O) groups is 2. The van der Waals surface area contributed by atoms with E-state index in [9.17, 15) is 9.59 Å².